The van der Waals surface area contributed by atoms with E-state index in [4.69, 9.17) is 30.0 Å². The van der Waals surface area contributed by atoms with Gasteiger partial charge in [-0.15, -0.1) is 0 Å². The second-order valence-corrected chi connectivity index (χ2v) is 0.533. The van der Waals surface area contributed by atoms with E-state index in [1.54, 1.807) is 0 Å². The van der Waals surface area contributed by atoms with Crippen LogP contribution in [0.3, 0.4) is 0 Å². The summed E-state index contributed by atoms with van der Waals surface area (Å²) in [6.07, 6.45) is -4.17. The van der Waals surface area contributed by atoms with Gasteiger partial charge in [0.2, 0.25) is 0 Å². The normalized spacial score (nSPS) is 3.69. The summed E-state index contributed by atoms with van der Waals surface area (Å²) < 4.78 is 0. The van der Waals surface area contributed by atoms with Crippen molar-refractivity contribution >= 4 is 12.3 Å². The van der Waals surface area contributed by atoms with E-state index in [0.29, 0.717) is 0 Å². The predicted molar refractivity (Wildman–Crippen MR) is 36.1 cm³/mol. The Morgan fingerprint density at radius 1 is 0.846 bits per heavy atom. The van der Waals surface area contributed by atoms with Gasteiger partial charge < -0.3 is 49.8 Å². The van der Waals surface area contributed by atoms with E-state index in [2.05, 4.69) is 0 Å². The van der Waals surface area contributed by atoms with Crippen LogP contribution in [-0.2, 0) is 21.1 Å². The summed E-state index contributed by atoms with van der Waals surface area (Å²) >= 11 is 0. The van der Waals surface area contributed by atoms with Gasteiger partial charge in [-0.25, -0.2) is 4.79 Å². The molecule has 0 rings (SSSR count). The predicted octanol–water partition coefficient (Wildman–Crippen LogP) is -1.58. The summed E-state index contributed by atoms with van der Waals surface area (Å²) in [5.74, 6) is 0. The van der Waals surface area contributed by atoms with Gasteiger partial charge in [-0.2, -0.15) is 0 Å². The minimum atomic E-state index is -2.33. The summed E-state index contributed by atoms with van der Waals surface area (Å²) in [5.41, 5.74) is 0. The number of hydrogen-bond donors (Lipinski definition) is 6. The molecule has 0 atom stereocenters. The topological polar surface area (TPSA) is 261 Å². The van der Waals surface area contributed by atoms with Crippen LogP contribution in [-0.4, -0.2) is 22.5 Å². The molecule has 0 spiro atoms. The Morgan fingerprint density at radius 2 is 0.846 bits per heavy atom. The monoisotopic (exact) mass is 385 g/mol. The van der Waals surface area contributed by atoms with Crippen LogP contribution in [0, 0.1) is 0 Å². The molecule has 0 unspecified atom stereocenters. The van der Waals surface area contributed by atoms with Crippen LogP contribution in [0.4, 0.5) is 9.59 Å². The zero-order valence-electron chi connectivity index (χ0n) is 6.67. The van der Waals surface area contributed by atoms with Gasteiger partial charge in [-0.3, -0.25) is 0 Å². The quantitative estimate of drug-likeness (QED) is 0.278. The van der Waals surface area contributed by atoms with Gasteiger partial charge >= 0.3 is 27.2 Å². The van der Waals surface area contributed by atoms with Crippen LogP contribution in [0.5, 0.6) is 0 Å². The van der Waals surface area contributed by atoms with E-state index in [0.717, 1.165) is 0 Å². The Bertz CT molecular complexity index is 80.6. The molecule has 0 radical (unpaired) electrons. The molecule has 0 bridgehead atoms. The van der Waals surface area contributed by atoms with Gasteiger partial charge in [0.05, 0.1) is 0 Å². The molecule has 0 aliphatic carbocycles. The van der Waals surface area contributed by atoms with Crippen molar-refractivity contribution < 1.29 is 51.1 Å². The molecule has 13 heavy (non-hydrogen) atoms. The molecule has 14 N–H and O–H groups in total. The third-order valence-electron chi connectivity index (χ3n) is 0. The second kappa shape index (κ2) is 43.7. The van der Waals surface area contributed by atoms with Crippen molar-refractivity contribution in [2.24, 2.45) is 0 Å². The Morgan fingerprint density at radius 3 is 0.846 bits per heavy atom. The van der Waals surface area contributed by atoms with E-state index in [-0.39, 0.29) is 45.7 Å². The molecule has 11 heteroatoms. The third kappa shape index (κ3) is 1050. The maximum atomic E-state index is 8.56. The number of carboxylic acid groups (broad SMARTS) is 4. The van der Waals surface area contributed by atoms with Crippen molar-refractivity contribution in [3.05, 3.63) is 0 Å². The number of carbonyl (C=O) groups is 2. The smallest absolute Gasteiger partial charge is 0.652 e. The van der Waals surface area contributed by atoms with Crippen LogP contribution in [0.2, 0.25) is 0 Å². The van der Waals surface area contributed by atoms with E-state index >= 15 is 0 Å². The largest absolute Gasteiger partial charge is 2.00 e. The number of hydrogen-bond acceptors (Lipinski definition) is 8. The van der Waals surface area contributed by atoms with Crippen molar-refractivity contribution in [3.63, 3.8) is 0 Å². The van der Waals surface area contributed by atoms with E-state index < -0.39 is 12.3 Å². The Hall–Kier alpha value is -0.932. The fourth-order valence-corrected chi connectivity index (χ4v) is 0. The molecular formula is C2H14N4O6Pt. The van der Waals surface area contributed by atoms with Crippen molar-refractivity contribution in [1.82, 2.24) is 24.6 Å². The summed E-state index contributed by atoms with van der Waals surface area (Å²) in [6.45, 7) is 0. The minimum absolute atomic E-state index is 0. The maximum absolute atomic E-state index is 8.56. The molecule has 88 valence electrons. The molecule has 0 aromatic rings. The molecule has 0 aromatic heterocycles. The molecular weight excluding hydrogens is 371 g/mol. The van der Waals surface area contributed by atoms with Gasteiger partial charge in [-0.1, -0.05) is 0 Å². The van der Waals surface area contributed by atoms with E-state index in [9.17, 15) is 0 Å². The minimum Gasteiger partial charge on any atom is -0.652 e. The zero-order valence-corrected chi connectivity index (χ0v) is 8.94. The summed E-state index contributed by atoms with van der Waals surface area (Å²) in [4.78, 5) is 16.9. The summed E-state index contributed by atoms with van der Waals surface area (Å²) in [5, 5.41) is 30.6. The van der Waals surface area contributed by atoms with E-state index in [1.165, 1.54) is 0 Å². The Kier molecular flexibility index (Phi) is 193. The average molecular weight is 385 g/mol. The average Bonchev–Trinajstić information content (AvgIpc) is 1.25. The SMILES string of the molecule is N.N.N.N.O=C(O)O.O=C([O-])[O-].[Pt+2]. The van der Waals surface area contributed by atoms with Crippen LogP contribution >= 0.6 is 0 Å². The first-order chi connectivity index (χ1) is 3.46. The van der Waals surface area contributed by atoms with Gasteiger partial charge in [-0.05, 0) is 6.16 Å². The zero-order chi connectivity index (χ0) is 7.15. The molecule has 10 nitrogen and oxygen atoms in total. The van der Waals surface area contributed by atoms with Crippen LogP contribution in [0.15, 0.2) is 0 Å². The molecule has 0 aliphatic rings. The molecule has 0 saturated heterocycles. The first-order valence-corrected chi connectivity index (χ1v) is 1.26. The maximum Gasteiger partial charge on any atom is 2.00 e. The summed E-state index contributed by atoms with van der Waals surface area (Å²) in [7, 11) is 0. The molecule has 0 saturated carbocycles. The fourth-order valence-electron chi connectivity index (χ4n) is 0. The van der Waals surface area contributed by atoms with Gasteiger partial charge in [0.1, 0.15) is 0 Å². The second-order valence-electron chi connectivity index (χ2n) is 0.533. The Balaban J connectivity index is -0.00000000800. The van der Waals surface area contributed by atoms with Gasteiger partial charge in [0.25, 0.3) is 0 Å². The Labute approximate surface area is 88.5 Å². The molecule has 0 heterocycles. The molecule has 0 amide bonds. The molecule has 0 aromatic carbocycles. The third-order valence-corrected chi connectivity index (χ3v) is 0. The first kappa shape index (κ1) is 57.6. The van der Waals surface area contributed by atoms with Crippen molar-refractivity contribution in [1.29, 1.82) is 0 Å². The molecule has 0 aliphatic heterocycles. The van der Waals surface area contributed by atoms with Gasteiger partial charge in [0, 0.05) is 0 Å². The number of carbonyl (C=O) groups excluding carboxylic acids is 1. The van der Waals surface area contributed by atoms with Crippen LogP contribution < -0.4 is 34.8 Å². The standard InChI is InChI=1S/2CH2O3.4H3N.Pt/c2*2-1(3)4;;;;;/h2*(H2,2,3,4);4*1H3;/q;;;;;;+2/p-2. The van der Waals surface area contributed by atoms with Crippen LogP contribution in [0.1, 0.15) is 0 Å². The van der Waals surface area contributed by atoms with Gasteiger partial charge in [0.15, 0.2) is 0 Å². The van der Waals surface area contributed by atoms with Crippen molar-refractivity contribution in [3.8, 4) is 0 Å². The van der Waals surface area contributed by atoms with Crippen molar-refractivity contribution in [2.75, 3.05) is 0 Å². The van der Waals surface area contributed by atoms with E-state index in [1.807, 2.05) is 0 Å². The molecule has 0 fully saturated rings. The van der Waals surface area contributed by atoms with Crippen LogP contribution in [0.25, 0.3) is 0 Å². The summed E-state index contributed by atoms with van der Waals surface area (Å²) in [6, 6.07) is 0. The fraction of sp³-hybridized carbons (Fsp3) is 0. The first-order valence-electron chi connectivity index (χ1n) is 1.26. The van der Waals surface area contributed by atoms with Crippen molar-refractivity contribution in [2.45, 2.75) is 0 Å². The number of rotatable bonds is 0.